The Bertz CT molecular complexity index is 1450. The molecule has 2 aromatic carbocycles. The summed E-state index contributed by atoms with van der Waals surface area (Å²) in [4.78, 5) is 44.9. The molecule has 3 amide bonds. The molecule has 2 unspecified atom stereocenters. The van der Waals surface area contributed by atoms with E-state index in [0.29, 0.717) is 6.54 Å². The molecule has 0 aromatic heterocycles. The van der Waals surface area contributed by atoms with E-state index < -0.39 is 35.7 Å². The zero-order valence-electron chi connectivity index (χ0n) is 23.1. The summed E-state index contributed by atoms with van der Waals surface area (Å²) in [6, 6.07) is 8.67. The summed E-state index contributed by atoms with van der Waals surface area (Å²) in [7, 11) is 3.33. The largest absolute Gasteiger partial charge is 0.463 e. The zero-order valence-corrected chi connectivity index (χ0v) is 23.1. The molecule has 216 valence electrons. The molecule has 12 heteroatoms. The molecule has 0 saturated carbocycles. The van der Waals surface area contributed by atoms with E-state index in [0.717, 1.165) is 30.0 Å². The second-order valence-electron chi connectivity index (χ2n) is 10.0. The van der Waals surface area contributed by atoms with Crippen LogP contribution < -0.4 is 10.2 Å². The number of anilines is 1. The van der Waals surface area contributed by atoms with Crippen LogP contribution in [-0.2, 0) is 15.7 Å². The SMILES string of the molecule is CCOC(=O)C1=C(C)N(c2cccc(C(F)(F)F)c2)C(=O)N(C)C1c1ccc(C#N)cc1C(=O)NC1CCN(C)C1. The van der Waals surface area contributed by atoms with Crippen molar-refractivity contribution in [2.45, 2.75) is 38.5 Å². The highest BCUT2D eigenvalue weighted by atomic mass is 19.4. The predicted molar refractivity (Wildman–Crippen MR) is 144 cm³/mol. The van der Waals surface area contributed by atoms with Crippen LogP contribution in [0.3, 0.4) is 0 Å². The molecule has 2 aliphatic rings. The van der Waals surface area contributed by atoms with Gasteiger partial charge in [-0.3, -0.25) is 9.69 Å². The number of nitriles is 1. The normalized spacial score (nSPS) is 19.8. The van der Waals surface area contributed by atoms with Gasteiger partial charge in [0, 0.05) is 30.9 Å². The third kappa shape index (κ3) is 5.90. The van der Waals surface area contributed by atoms with E-state index in [-0.39, 0.29) is 46.3 Å². The molecule has 0 spiro atoms. The number of nitrogens with one attached hydrogen (secondary N) is 1. The Labute approximate surface area is 235 Å². The van der Waals surface area contributed by atoms with Gasteiger partial charge in [0.05, 0.1) is 41.1 Å². The van der Waals surface area contributed by atoms with Crippen molar-refractivity contribution in [3.8, 4) is 6.07 Å². The van der Waals surface area contributed by atoms with Crippen molar-refractivity contribution in [1.29, 1.82) is 5.26 Å². The summed E-state index contributed by atoms with van der Waals surface area (Å²) in [6.07, 6.45) is -3.92. The first kappa shape index (κ1) is 29.6. The summed E-state index contributed by atoms with van der Waals surface area (Å²) < 4.78 is 45.8. The number of likely N-dealkylation sites (N-methyl/N-ethyl adjacent to an activating group) is 2. The molecule has 1 fully saturated rings. The van der Waals surface area contributed by atoms with Gasteiger partial charge >= 0.3 is 18.2 Å². The molecule has 2 heterocycles. The number of allylic oxidation sites excluding steroid dienone is 1. The van der Waals surface area contributed by atoms with E-state index in [2.05, 4.69) is 10.2 Å². The predicted octanol–water partition coefficient (Wildman–Crippen LogP) is 4.46. The zero-order chi connectivity index (χ0) is 30.1. The number of benzene rings is 2. The van der Waals surface area contributed by atoms with Crippen LogP contribution in [0, 0.1) is 11.3 Å². The second-order valence-corrected chi connectivity index (χ2v) is 10.0. The second kappa shape index (κ2) is 11.6. The molecule has 1 saturated heterocycles. The number of nitrogens with zero attached hydrogens (tertiary/aromatic N) is 4. The molecule has 2 aromatic rings. The van der Waals surface area contributed by atoms with Crippen molar-refractivity contribution >= 4 is 23.6 Å². The molecule has 4 rings (SSSR count). The van der Waals surface area contributed by atoms with Gasteiger partial charge in [-0.05, 0) is 69.8 Å². The monoisotopic (exact) mass is 569 g/mol. The van der Waals surface area contributed by atoms with Gasteiger partial charge in [-0.15, -0.1) is 0 Å². The highest BCUT2D eigenvalue weighted by Crippen LogP contribution is 2.41. The summed E-state index contributed by atoms with van der Waals surface area (Å²) >= 11 is 0. The van der Waals surface area contributed by atoms with Crippen LogP contribution in [0.4, 0.5) is 23.7 Å². The average molecular weight is 570 g/mol. The van der Waals surface area contributed by atoms with Crippen LogP contribution >= 0.6 is 0 Å². The van der Waals surface area contributed by atoms with Crippen LogP contribution in [0.5, 0.6) is 0 Å². The Hall–Kier alpha value is -4.37. The number of ether oxygens (including phenoxy) is 1. The number of hydrogen-bond acceptors (Lipinski definition) is 6. The Balaban J connectivity index is 1.87. The van der Waals surface area contributed by atoms with Gasteiger partial charge in [-0.25, -0.2) is 9.59 Å². The minimum absolute atomic E-state index is 0.000532. The number of carbonyl (C=O) groups is 3. The fourth-order valence-corrected chi connectivity index (χ4v) is 5.26. The van der Waals surface area contributed by atoms with Crippen molar-refractivity contribution < 1.29 is 32.3 Å². The van der Waals surface area contributed by atoms with Gasteiger partial charge < -0.3 is 19.9 Å². The minimum atomic E-state index is -4.65. The summed E-state index contributed by atoms with van der Waals surface area (Å²) in [5.41, 5.74) is -0.426. The van der Waals surface area contributed by atoms with Gasteiger partial charge in [0.2, 0.25) is 0 Å². The molecular weight excluding hydrogens is 539 g/mol. The van der Waals surface area contributed by atoms with Crippen molar-refractivity contribution in [2.75, 3.05) is 38.7 Å². The lowest BCUT2D eigenvalue weighted by atomic mass is 9.88. The van der Waals surface area contributed by atoms with Gasteiger partial charge in [-0.2, -0.15) is 18.4 Å². The van der Waals surface area contributed by atoms with Crippen LogP contribution in [0.1, 0.15) is 53.4 Å². The van der Waals surface area contributed by atoms with Crippen LogP contribution in [-0.4, -0.2) is 67.5 Å². The smallest absolute Gasteiger partial charge is 0.416 e. The molecule has 9 nitrogen and oxygen atoms in total. The number of rotatable bonds is 6. The molecule has 2 atom stereocenters. The fraction of sp³-hybridized carbons (Fsp3) is 0.379. The number of likely N-dealkylation sites (tertiary alicyclic amines) is 1. The third-order valence-corrected chi connectivity index (χ3v) is 7.25. The maximum atomic E-state index is 13.8. The lowest BCUT2D eigenvalue weighted by Crippen LogP contribution is -2.49. The third-order valence-electron chi connectivity index (χ3n) is 7.25. The number of alkyl halides is 3. The van der Waals surface area contributed by atoms with Crippen molar-refractivity contribution in [2.24, 2.45) is 0 Å². The van der Waals surface area contributed by atoms with E-state index in [1.54, 1.807) is 6.92 Å². The topological polar surface area (TPSA) is 106 Å². The van der Waals surface area contributed by atoms with Crippen LogP contribution in [0.15, 0.2) is 53.7 Å². The number of amides is 3. The quantitative estimate of drug-likeness (QED) is 0.515. The molecular formula is C29H30F3N5O4. The van der Waals surface area contributed by atoms with Crippen molar-refractivity contribution in [3.05, 3.63) is 76.0 Å². The van der Waals surface area contributed by atoms with Crippen LogP contribution in [0.2, 0.25) is 0 Å². The maximum absolute atomic E-state index is 13.8. The van der Waals surface area contributed by atoms with Gasteiger partial charge in [0.15, 0.2) is 0 Å². The lowest BCUT2D eigenvalue weighted by Gasteiger charge is -2.41. The van der Waals surface area contributed by atoms with Crippen molar-refractivity contribution in [3.63, 3.8) is 0 Å². The number of esters is 1. The molecule has 2 aliphatic heterocycles. The van der Waals surface area contributed by atoms with Crippen molar-refractivity contribution in [1.82, 2.24) is 15.1 Å². The molecule has 0 bridgehead atoms. The van der Waals surface area contributed by atoms with E-state index in [1.165, 1.54) is 49.2 Å². The first-order valence-corrected chi connectivity index (χ1v) is 13.0. The van der Waals surface area contributed by atoms with E-state index in [4.69, 9.17) is 4.74 Å². The first-order valence-electron chi connectivity index (χ1n) is 13.0. The van der Waals surface area contributed by atoms with Gasteiger partial charge in [0.1, 0.15) is 0 Å². The highest BCUT2D eigenvalue weighted by Gasteiger charge is 2.43. The first-order chi connectivity index (χ1) is 19.4. The van der Waals surface area contributed by atoms with Crippen LogP contribution in [0.25, 0.3) is 0 Å². The number of hydrogen-bond donors (Lipinski definition) is 1. The fourth-order valence-electron chi connectivity index (χ4n) is 5.26. The van der Waals surface area contributed by atoms with E-state index in [1.807, 2.05) is 13.1 Å². The number of urea groups is 1. The molecule has 41 heavy (non-hydrogen) atoms. The minimum Gasteiger partial charge on any atom is -0.463 e. The molecule has 0 radical (unpaired) electrons. The Kier molecular flexibility index (Phi) is 8.39. The Morgan fingerprint density at radius 2 is 1.90 bits per heavy atom. The lowest BCUT2D eigenvalue weighted by molar-refractivity contribution is -0.139. The standard InChI is InChI=1S/C29H30F3N5O4/c1-5-41-27(39)24-17(2)37(21-8-6-7-19(14-21)29(30,31)32)28(40)36(4)25(24)22-10-9-18(15-33)13-23(22)26(38)34-20-11-12-35(3)16-20/h6-10,13-14,20,25H,5,11-12,16H2,1-4H3,(H,34,38). The highest BCUT2D eigenvalue weighted by molar-refractivity contribution is 6.04. The number of halogens is 3. The van der Waals surface area contributed by atoms with Gasteiger partial charge in [0.25, 0.3) is 5.91 Å². The maximum Gasteiger partial charge on any atom is 0.416 e. The summed E-state index contributed by atoms with van der Waals surface area (Å²) in [6.45, 7) is 4.49. The summed E-state index contributed by atoms with van der Waals surface area (Å²) in [5, 5.41) is 12.5. The van der Waals surface area contributed by atoms with E-state index in [9.17, 15) is 32.8 Å². The Morgan fingerprint density at radius 1 is 1.17 bits per heavy atom. The van der Waals surface area contributed by atoms with Gasteiger partial charge in [-0.1, -0.05) is 12.1 Å². The number of carbonyl (C=O) groups excluding carboxylic acids is 3. The average Bonchev–Trinajstić information content (AvgIpc) is 3.34. The molecule has 1 N–H and O–H groups in total. The summed E-state index contributed by atoms with van der Waals surface area (Å²) in [5.74, 6) is -1.26. The van der Waals surface area contributed by atoms with E-state index >= 15 is 0 Å². The Morgan fingerprint density at radius 3 is 2.51 bits per heavy atom. The molecule has 0 aliphatic carbocycles.